The van der Waals surface area contributed by atoms with Gasteiger partial charge < -0.3 is 16.4 Å². The molecular formula is C8H13N5. The first kappa shape index (κ1) is 8.25. The fraction of sp³-hybridized carbons (Fsp3) is 0.500. The molecule has 2 heterocycles. The number of rotatable bonds is 0. The van der Waals surface area contributed by atoms with Crippen LogP contribution in [0.5, 0.6) is 0 Å². The highest BCUT2D eigenvalue weighted by Gasteiger charge is 2.30. The lowest BCUT2D eigenvalue weighted by molar-refractivity contribution is 0.465. The lowest BCUT2D eigenvalue weighted by Crippen LogP contribution is -2.42. The number of nitrogens with two attached hydrogens (primary N) is 2. The van der Waals surface area contributed by atoms with E-state index in [2.05, 4.69) is 9.98 Å². The first-order valence-electron chi connectivity index (χ1n) is 4.13. The van der Waals surface area contributed by atoms with Crippen molar-refractivity contribution in [3.8, 4) is 0 Å². The second kappa shape index (κ2) is 2.32. The van der Waals surface area contributed by atoms with Crippen molar-refractivity contribution in [2.45, 2.75) is 12.6 Å². The molecule has 4 N–H and O–H groups in total. The van der Waals surface area contributed by atoms with E-state index in [0.717, 1.165) is 11.4 Å². The van der Waals surface area contributed by atoms with Gasteiger partial charge in [-0.2, -0.15) is 0 Å². The molecule has 2 aliphatic heterocycles. The van der Waals surface area contributed by atoms with Crippen LogP contribution in [-0.2, 0) is 0 Å². The lowest BCUT2D eigenvalue weighted by atomic mass is 10.1. The van der Waals surface area contributed by atoms with E-state index in [1.165, 1.54) is 0 Å². The Labute approximate surface area is 76.8 Å². The molecule has 13 heavy (non-hydrogen) atoms. The molecular weight excluding hydrogens is 166 g/mol. The standard InChI is InChI=1S/C8H13N5/c1-8(10)3-5-6(7(9)12-8)11-4-13(5)2/h3H,4,10H2,1-2H3,(H2,9,12). The minimum Gasteiger partial charge on any atom is -0.382 e. The number of hydrogen-bond acceptors (Lipinski definition) is 5. The minimum atomic E-state index is -0.697. The van der Waals surface area contributed by atoms with Crippen LogP contribution in [0.25, 0.3) is 0 Å². The second-order valence-corrected chi connectivity index (χ2v) is 3.60. The predicted octanol–water partition coefficient (Wildman–Crippen LogP) is -0.740. The van der Waals surface area contributed by atoms with E-state index in [1.807, 2.05) is 24.9 Å². The normalized spacial score (nSPS) is 32.2. The summed E-state index contributed by atoms with van der Waals surface area (Å²) in [6.07, 6.45) is 1.88. The Morgan fingerprint density at radius 1 is 1.62 bits per heavy atom. The second-order valence-electron chi connectivity index (χ2n) is 3.60. The van der Waals surface area contributed by atoms with E-state index < -0.39 is 5.66 Å². The summed E-state index contributed by atoms with van der Waals surface area (Å²) in [5.41, 5.74) is 12.6. The molecule has 5 nitrogen and oxygen atoms in total. The molecule has 70 valence electrons. The van der Waals surface area contributed by atoms with Crippen LogP contribution >= 0.6 is 0 Å². The maximum absolute atomic E-state index is 5.86. The predicted molar refractivity (Wildman–Crippen MR) is 52.4 cm³/mol. The Morgan fingerprint density at radius 3 is 3.00 bits per heavy atom. The molecule has 0 aromatic heterocycles. The van der Waals surface area contributed by atoms with E-state index in [-0.39, 0.29) is 0 Å². The Bertz CT molecular complexity index is 336. The largest absolute Gasteiger partial charge is 0.382 e. The summed E-state index contributed by atoms with van der Waals surface area (Å²) in [6.45, 7) is 2.45. The summed E-state index contributed by atoms with van der Waals surface area (Å²) in [5.74, 6) is 0.437. The van der Waals surface area contributed by atoms with Gasteiger partial charge in [-0.05, 0) is 13.0 Å². The Balaban J connectivity index is 2.47. The van der Waals surface area contributed by atoms with Crippen LogP contribution in [-0.4, -0.2) is 35.8 Å². The van der Waals surface area contributed by atoms with Crippen LogP contribution in [0.15, 0.2) is 21.8 Å². The number of amidine groups is 1. The minimum absolute atomic E-state index is 0.437. The van der Waals surface area contributed by atoms with Crippen LogP contribution in [0.4, 0.5) is 0 Å². The highest BCUT2D eigenvalue weighted by atomic mass is 15.3. The van der Waals surface area contributed by atoms with Gasteiger partial charge in [-0.15, -0.1) is 0 Å². The van der Waals surface area contributed by atoms with Crippen LogP contribution in [0, 0.1) is 0 Å². The molecule has 0 bridgehead atoms. The average molecular weight is 179 g/mol. The van der Waals surface area contributed by atoms with Crippen molar-refractivity contribution in [3.05, 3.63) is 11.8 Å². The summed E-state index contributed by atoms with van der Waals surface area (Å²) in [7, 11) is 1.96. The molecule has 0 saturated carbocycles. The van der Waals surface area contributed by atoms with Gasteiger partial charge in [0, 0.05) is 7.05 Å². The molecule has 0 saturated heterocycles. The SMILES string of the molecule is CN1CN=C2C1=CC(C)(N)N=C2N. The summed E-state index contributed by atoms with van der Waals surface area (Å²) in [5, 5.41) is 0. The smallest absolute Gasteiger partial charge is 0.148 e. The van der Waals surface area contributed by atoms with Gasteiger partial charge >= 0.3 is 0 Å². The quantitative estimate of drug-likeness (QED) is 0.514. The molecule has 0 spiro atoms. The van der Waals surface area contributed by atoms with E-state index in [9.17, 15) is 0 Å². The fourth-order valence-electron chi connectivity index (χ4n) is 1.53. The maximum atomic E-state index is 5.86. The van der Waals surface area contributed by atoms with Crippen LogP contribution in [0.1, 0.15) is 6.92 Å². The van der Waals surface area contributed by atoms with Crippen molar-refractivity contribution in [1.29, 1.82) is 0 Å². The van der Waals surface area contributed by atoms with Gasteiger partial charge in [0.2, 0.25) is 0 Å². The Morgan fingerprint density at radius 2 is 2.31 bits per heavy atom. The molecule has 0 aromatic carbocycles. The van der Waals surface area contributed by atoms with E-state index in [0.29, 0.717) is 12.5 Å². The van der Waals surface area contributed by atoms with Gasteiger partial charge in [-0.25, -0.2) is 4.99 Å². The van der Waals surface area contributed by atoms with Crippen LogP contribution in [0.3, 0.4) is 0 Å². The van der Waals surface area contributed by atoms with E-state index in [1.54, 1.807) is 0 Å². The number of aliphatic imine (C=N–C) groups is 2. The molecule has 0 fully saturated rings. The third-order valence-electron chi connectivity index (χ3n) is 2.13. The summed E-state index contributed by atoms with van der Waals surface area (Å²) in [4.78, 5) is 10.4. The molecule has 0 aliphatic carbocycles. The number of hydrogen-bond donors (Lipinski definition) is 2. The van der Waals surface area contributed by atoms with E-state index in [4.69, 9.17) is 11.5 Å². The zero-order valence-corrected chi connectivity index (χ0v) is 7.78. The molecule has 2 aliphatic rings. The third kappa shape index (κ3) is 1.21. The highest BCUT2D eigenvalue weighted by molar-refractivity contribution is 6.48. The van der Waals surface area contributed by atoms with Gasteiger partial charge in [0.25, 0.3) is 0 Å². The van der Waals surface area contributed by atoms with Crippen molar-refractivity contribution in [2.75, 3.05) is 13.7 Å². The van der Waals surface area contributed by atoms with Crippen LogP contribution in [0.2, 0.25) is 0 Å². The number of nitrogens with zero attached hydrogens (tertiary/aromatic N) is 3. The average Bonchev–Trinajstić information content (AvgIpc) is 2.30. The van der Waals surface area contributed by atoms with Gasteiger partial charge in [0.15, 0.2) is 0 Å². The summed E-state index contributed by atoms with van der Waals surface area (Å²) < 4.78 is 0. The molecule has 0 amide bonds. The zero-order chi connectivity index (χ0) is 9.64. The maximum Gasteiger partial charge on any atom is 0.148 e. The van der Waals surface area contributed by atoms with Crippen molar-refractivity contribution in [1.82, 2.24) is 4.90 Å². The molecule has 1 unspecified atom stereocenters. The first-order valence-corrected chi connectivity index (χ1v) is 4.13. The summed E-state index contributed by atoms with van der Waals surface area (Å²) in [6, 6.07) is 0. The van der Waals surface area contributed by atoms with E-state index >= 15 is 0 Å². The topological polar surface area (TPSA) is 80.0 Å². The van der Waals surface area contributed by atoms with Crippen molar-refractivity contribution in [3.63, 3.8) is 0 Å². The number of fused-ring (bicyclic) bond motifs is 1. The first-order chi connectivity index (χ1) is 5.99. The highest BCUT2D eigenvalue weighted by Crippen LogP contribution is 2.21. The molecule has 0 radical (unpaired) electrons. The monoisotopic (exact) mass is 179 g/mol. The van der Waals surface area contributed by atoms with Gasteiger partial charge in [-0.1, -0.05) is 0 Å². The van der Waals surface area contributed by atoms with Crippen molar-refractivity contribution in [2.24, 2.45) is 21.5 Å². The molecule has 5 heteroatoms. The molecule has 2 rings (SSSR count). The number of dihydropyridines is 1. The van der Waals surface area contributed by atoms with Crippen molar-refractivity contribution >= 4 is 11.5 Å². The van der Waals surface area contributed by atoms with Crippen LogP contribution < -0.4 is 11.5 Å². The zero-order valence-electron chi connectivity index (χ0n) is 7.78. The fourth-order valence-corrected chi connectivity index (χ4v) is 1.53. The lowest BCUT2D eigenvalue weighted by Gasteiger charge is -2.25. The van der Waals surface area contributed by atoms with Crippen molar-refractivity contribution < 1.29 is 0 Å². The third-order valence-corrected chi connectivity index (χ3v) is 2.13. The van der Waals surface area contributed by atoms with Gasteiger partial charge in [0.05, 0.1) is 5.70 Å². The summed E-state index contributed by atoms with van der Waals surface area (Å²) >= 11 is 0. The molecule has 0 aromatic rings. The van der Waals surface area contributed by atoms with Gasteiger partial charge in [-0.3, -0.25) is 4.99 Å². The Kier molecular flexibility index (Phi) is 1.47. The molecule has 1 atom stereocenters. The Hall–Kier alpha value is -1.36. The van der Waals surface area contributed by atoms with Gasteiger partial charge in [0.1, 0.15) is 23.9 Å².